The van der Waals surface area contributed by atoms with Crippen LogP contribution in [0.1, 0.15) is 5.56 Å². The van der Waals surface area contributed by atoms with Crippen LogP contribution in [0.15, 0.2) is 29.4 Å². The average Bonchev–Trinajstić information content (AvgIpc) is 2.39. The molecule has 0 fully saturated rings. The van der Waals surface area contributed by atoms with Gasteiger partial charge < -0.3 is 22.1 Å². The zero-order valence-electron chi connectivity index (χ0n) is 10.3. The molecule has 1 rings (SSSR count). The fraction of sp³-hybridized carbons (Fsp3) is 0.250. The van der Waals surface area contributed by atoms with Gasteiger partial charge in [-0.05, 0) is 17.4 Å². The summed E-state index contributed by atoms with van der Waals surface area (Å²) in [4.78, 5) is 22.9. The van der Waals surface area contributed by atoms with Crippen LogP contribution in [0.4, 0.5) is 0 Å². The number of aromatic nitrogens is 1. The fourth-order valence-electron chi connectivity index (χ4n) is 1.25. The maximum atomic E-state index is 11.7. The Labute approximate surface area is 110 Å². The molecule has 1 aromatic rings. The number of carbonyl (C=O) groups is 2. The highest BCUT2D eigenvalue weighted by Gasteiger charge is 2.24. The van der Waals surface area contributed by atoms with Crippen molar-refractivity contribution in [2.24, 2.45) is 0 Å². The van der Waals surface area contributed by atoms with Gasteiger partial charge in [0.15, 0.2) is 12.4 Å². The van der Waals surface area contributed by atoms with Crippen LogP contribution < -0.4 is 4.57 Å². The van der Waals surface area contributed by atoms with E-state index < -0.39 is 11.9 Å². The lowest BCUT2D eigenvalue weighted by Gasteiger charge is -2.11. The Bertz CT molecular complexity index is 493. The molecule has 18 heavy (non-hydrogen) atoms. The van der Waals surface area contributed by atoms with Gasteiger partial charge in [-0.3, -0.25) is 0 Å². The summed E-state index contributed by atoms with van der Waals surface area (Å²) in [5.41, 5.74) is 0.971. The number of ether oxygens (including phenoxy) is 2. The molecule has 0 aromatic carbocycles. The molecule has 1 aromatic heterocycles. The number of methoxy groups -OCH3 is 2. The largest absolute Gasteiger partial charge is 0.766 e. The molecular weight excluding hydrogens is 254 g/mol. The second-order valence-corrected chi connectivity index (χ2v) is 3.85. The lowest BCUT2D eigenvalue weighted by Crippen LogP contribution is -2.38. The van der Waals surface area contributed by atoms with Crippen LogP contribution >= 0.6 is 0 Å². The predicted octanol–water partition coefficient (Wildman–Crippen LogP) is 0.344. The number of hydrogen-bond acceptors (Lipinski definition) is 5. The summed E-state index contributed by atoms with van der Waals surface area (Å²) in [5, 5.41) is 0. The molecule has 0 radical (unpaired) electrons. The summed E-state index contributed by atoms with van der Waals surface area (Å²) in [6, 6.07) is 3.56. The molecule has 0 amide bonds. The van der Waals surface area contributed by atoms with E-state index in [9.17, 15) is 9.59 Å². The van der Waals surface area contributed by atoms with Gasteiger partial charge in [0.2, 0.25) is 0 Å². The zero-order chi connectivity index (χ0) is 13.7. The monoisotopic (exact) mass is 267 g/mol. The van der Waals surface area contributed by atoms with Crippen LogP contribution in [-0.4, -0.2) is 26.2 Å². The topological polar surface area (TPSA) is 56.5 Å². The Morgan fingerprint density at radius 1 is 1.11 bits per heavy atom. The van der Waals surface area contributed by atoms with Crippen LogP contribution in [0.25, 0.3) is 5.70 Å². The summed E-state index contributed by atoms with van der Waals surface area (Å²) in [5.74, 6) is -1.45. The lowest BCUT2D eigenvalue weighted by atomic mass is 10.3. The first-order valence-electron chi connectivity index (χ1n) is 5.07. The molecule has 0 unspecified atom stereocenters. The van der Waals surface area contributed by atoms with E-state index in [2.05, 4.69) is 9.47 Å². The van der Waals surface area contributed by atoms with Gasteiger partial charge in [0.25, 0.3) is 5.70 Å². The Morgan fingerprint density at radius 3 is 2.06 bits per heavy atom. The predicted molar refractivity (Wildman–Crippen MR) is 66.0 cm³/mol. The first-order valence-corrected chi connectivity index (χ1v) is 5.48. The minimum Gasteiger partial charge on any atom is -0.766 e. The fourth-order valence-corrected chi connectivity index (χ4v) is 1.52. The van der Waals surface area contributed by atoms with E-state index in [0.29, 0.717) is 0 Å². The van der Waals surface area contributed by atoms with Gasteiger partial charge in [-0.25, -0.2) is 9.59 Å². The van der Waals surface area contributed by atoms with Gasteiger partial charge in [0.1, 0.15) is 0 Å². The Hall–Kier alpha value is -1.95. The third-order valence-electron chi connectivity index (χ3n) is 2.22. The smallest absolute Gasteiger partial charge is 0.402 e. The van der Waals surface area contributed by atoms with E-state index in [1.54, 1.807) is 24.5 Å². The number of carbonyl (C=O) groups excluding carboxylic acids is 2. The van der Waals surface area contributed by atoms with Gasteiger partial charge in [-0.15, -0.1) is 0 Å². The maximum Gasteiger partial charge on any atom is 0.402 e. The van der Waals surface area contributed by atoms with Crippen molar-refractivity contribution >= 4 is 30.3 Å². The molecule has 5 nitrogen and oxygen atoms in total. The molecule has 1 heterocycles. The molecule has 0 saturated carbocycles. The minimum atomic E-state index is -0.751. The van der Waals surface area contributed by atoms with E-state index in [0.717, 1.165) is 5.56 Å². The lowest BCUT2D eigenvalue weighted by molar-refractivity contribution is -0.578. The van der Waals surface area contributed by atoms with Gasteiger partial charge in [0, 0.05) is 12.1 Å². The first-order chi connectivity index (χ1) is 8.51. The zero-order valence-corrected chi connectivity index (χ0v) is 11.1. The van der Waals surface area contributed by atoms with E-state index in [4.69, 9.17) is 12.6 Å². The average molecular weight is 267 g/mol. The standard InChI is InChI=1S/C12H13NO4S/c1-8-4-6-13(7-5-8)9(11(14)16-2)10(18)12(15)17-3/h4-7H,1-3H3. The van der Waals surface area contributed by atoms with Crippen molar-refractivity contribution in [2.45, 2.75) is 6.92 Å². The molecule has 96 valence electrons. The number of nitrogens with zero attached hydrogens (tertiary/aromatic N) is 1. The van der Waals surface area contributed by atoms with E-state index >= 15 is 0 Å². The number of pyridine rings is 1. The van der Waals surface area contributed by atoms with Crippen molar-refractivity contribution in [3.63, 3.8) is 0 Å². The Balaban J connectivity index is 3.34. The summed E-state index contributed by atoms with van der Waals surface area (Å²) >= 11 is 4.92. The number of hydrogen-bond donors (Lipinski definition) is 0. The van der Waals surface area contributed by atoms with Gasteiger partial charge >= 0.3 is 11.9 Å². The second kappa shape index (κ2) is 6.11. The van der Waals surface area contributed by atoms with Crippen LogP contribution in [0.2, 0.25) is 0 Å². The minimum absolute atomic E-state index is 0.0423. The summed E-state index contributed by atoms with van der Waals surface area (Å²) < 4.78 is 10.6. The molecule has 0 N–H and O–H groups in total. The number of esters is 2. The summed E-state index contributed by atoms with van der Waals surface area (Å²) in [6.45, 7) is 1.90. The highest BCUT2D eigenvalue weighted by Crippen LogP contribution is 2.07. The van der Waals surface area contributed by atoms with Gasteiger partial charge in [0.05, 0.1) is 14.2 Å². The molecule has 0 spiro atoms. The van der Waals surface area contributed by atoms with Crippen molar-refractivity contribution in [1.82, 2.24) is 0 Å². The van der Waals surface area contributed by atoms with Crippen molar-refractivity contribution in [2.75, 3.05) is 14.2 Å². The third-order valence-corrected chi connectivity index (χ3v) is 2.58. The molecule has 0 bridgehead atoms. The number of aryl methyl sites for hydroxylation is 1. The van der Waals surface area contributed by atoms with Crippen LogP contribution in [-0.2, 0) is 31.7 Å². The molecule has 6 heteroatoms. The molecule has 0 atom stereocenters. The third kappa shape index (κ3) is 3.04. The van der Waals surface area contributed by atoms with Crippen LogP contribution in [0.5, 0.6) is 0 Å². The summed E-state index contributed by atoms with van der Waals surface area (Å²) in [7, 11) is 2.42. The van der Waals surface area contributed by atoms with Crippen molar-refractivity contribution < 1.29 is 23.6 Å². The molecule has 0 aliphatic heterocycles. The molecule has 0 aliphatic rings. The molecule has 0 aliphatic carbocycles. The van der Waals surface area contributed by atoms with Crippen molar-refractivity contribution in [3.05, 3.63) is 35.0 Å². The first kappa shape index (κ1) is 14.1. The quantitative estimate of drug-likeness (QED) is 0.342. The Kier molecular flexibility index (Phi) is 4.79. The summed E-state index contributed by atoms with van der Waals surface area (Å²) in [6.07, 6.45) is 3.24. The molecule has 0 saturated heterocycles. The second-order valence-electron chi connectivity index (χ2n) is 3.44. The van der Waals surface area contributed by atoms with Gasteiger partial charge in [-0.1, -0.05) is 0 Å². The van der Waals surface area contributed by atoms with Crippen LogP contribution in [0.3, 0.4) is 0 Å². The number of rotatable bonds is 3. The Morgan fingerprint density at radius 2 is 1.61 bits per heavy atom. The normalized spacial score (nSPS) is 11.5. The SMILES string of the molecule is COC(=O)/C([S-])=C(\C(=O)OC)[n+]1ccc(C)cc1. The highest BCUT2D eigenvalue weighted by atomic mass is 32.1. The van der Waals surface area contributed by atoms with E-state index in [1.165, 1.54) is 18.8 Å². The van der Waals surface area contributed by atoms with Crippen molar-refractivity contribution in [3.8, 4) is 0 Å². The van der Waals surface area contributed by atoms with Crippen LogP contribution in [0, 0.1) is 6.92 Å². The van der Waals surface area contributed by atoms with Crippen molar-refractivity contribution in [1.29, 1.82) is 0 Å². The van der Waals surface area contributed by atoms with E-state index in [1.807, 2.05) is 6.92 Å². The van der Waals surface area contributed by atoms with Gasteiger partial charge in [-0.2, -0.15) is 4.57 Å². The molecular formula is C12H13NO4S. The highest BCUT2D eigenvalue weighted by molar-refractivity contribution is 7.65. The maximum absolute atomic E-state index is 11.7. The van der Waals surface area contributed by atoms with E-state index in [-0.39, 0.29) is 10.6 Å².